The molecule has 1 aliphatic heterocycles. The molecule has 3 rings (SSSR count). The summed E-state index contributed by atoms with van der Waals surface area (Å²) >= 11 is 0. The lowest BCUT2D eigenvalue weighted by molar-refractivity contribution is 0.175. The first-order valence-electron chi connectivity index (χ1n) is 8.09. The van der Waals surface area contributed by atoms with Crippen molar-refractivity contribution in [2.24, 2.45) is 5.92 Å². The molecule has 3 heteroatoms. The number of likely N-dealkylation sites (tertiary alicyclic amines) is 1. The van der Waals surface area contributed by atoms with Crippen LogP contribution in [-0.4, -0.2) is 30.0 Å². The van der Waals surface area contributed by atoms with E-state index >= 15 is 0 Å². The second-order valence-electron chi connectivity index (χ2n) is 6.07. The van der Waals surface area contributed by atoms with Crippen LogP contribution in [-0.2, 0) is 6.54 Å². The molecule has 0 radical (unpaired) electrons. The van der Waals surface area contributed by atoms with Crippen LogP contribution in [0.3, 0.4) is 0 Å². The third kappa shape index (κ3) is 3.18. The highest BCUT2D eigenvalue weighted by atomic mass is 15.1. The maximum atomic E-state index is 4.75. The summed E-state index contributed by atoms with van der Waals surface area (Å²) in [4.78, 5) is 7.32. The highest BCUT2D eigenvalue weighted by molar-refractivity contribution is 5.81. The predicted octanol–water partition coefficient (Wildman–Crippen LogP) is 3.90. The van der Waals surface area contributed by atoms with Gasteiger partial charge < -0.3 is 5.32 Å². The fraction of sp³-hybridized carbons (Fsp3) is 0.500. The summed E-state index contributed by atoms with van der Waals surface area (Å²) in [7, 11) is 1.96. The van der Waals surface area contributed by atoms with Crippen molar-refractivity contribution in [2.45, 2.75) is 32.7 Å². The fourth-order valence-electron chi connectivity index (χ4n) is 3.29. The minimum atomic E-state index is 0.930. The van der Waals surface area contributed by atoms with E-state index in [2.05, 4.69) is 41.4 Å². The van der Waals surface area contributed by atoms with E-state index in [0.717, 1.165) is 23.8 Å². The Morgan fingerprint density at radius 3 is 2.71 bits per heavy atom. The average Bonchev–Trinajstić information content (AvgIpc) is 2.55. The van der Waals surface area contributed by atoms with Crippen LogP contribution in [0.5, 0.6) is 0 Å². The van der Waals surface area contributed by atoms with Crippen molar-refractivity contribution >= 4 is 16.7 Å². The molecule has 21 heavy (non-hydrogen) atoms. The first-order chi connectivity index (χ1) is 10.3. The number of hydrogen-bond donors (Lipinski definition) is 1. The molecule has 0 saturated carbocycles. The van der Waals surface area contributed by atoms with Crippen LogP contribution in [0, 0.1) is 5.92 Å². The third-order valence-corrected chi connectivity index (χ3v) is 4.72. The van der Waals surface area contributed by atoms with Gasteiger partial charge in [-0.15, -0.1) is 0 Å². The normalized spacial score (nSPS) is 17.2. The molecule has 1 aromatic heterocycles. The van der Waals surface area contributed by atoms with Gasteiger partial charge in [0, 0.05) is 24.5 Å². The quantitative estimate of drug-likeness (QED) is 0.922. The molecule has 2 aromatic rings. The van der Waals surface area contributed by atoms with Gasteiger partial charge in [0.05, 0.1) is 5.52 Å². The summed E-state index contributed by atoms with van der Waals surface area (Å²) in [5, 5.41) is 4.49. The summed E-state index contributed by atoms with van der Waals surface area (Å²) in [6, 6.07) is 10.6. The lowest BCUT2D eigenvalue weighted by atomic mass is 9.94. The fourth-order valence-corrected chi connectivity index (χ4v) is 3.29. The Balaban J connectivity index is 1.79. The SMILES string of the molecule is CCC1CCN(Cc2cc3ccccc3nc2NC)CC1. The number of nitrogens with zero attached hydrogens (tertiary/aromatic N) is 2. The van der Waals surface area contributed by atoms with Crippen molar-refractivity contribution in [3.8, 4) is 0 Å². The van der Waals surface area contributed by atoms with Crippen LogP contribution < -0.4 is 5.32 Å². The highest BCUT2D eigenvalue weighted by Gasteiger charge is 2.19. The van der Waals surface area contributed by atoms with Gasteiger partial charge in [0.2, 0.25) is 0 Å². The minimum absolute atomic E-state index is 0.930. The number of fused-ring (bicyclic) bond motifs is 1. The Hall–Kier alpha value is -1.61. The molecular weight excluding hydrogens is 258 g/mol. The van der Waals surface area contributed by atoms with Crippen molar-refractivity contribution < 1.29 is 0 Å². The number of rotatable bonds is 4. The Morgan fingerprint density at radius 2 is 2.00 bits per heavy atom. The van der Waals surface area contributed by atoms with Gasteiger partial charge >= 0.3 is 0 Å². The average molecular weight is 283 g/mol. The molecule has 1 fully saturated rings. The van der Waals surface area contributed by atoms with Gasteiger partial charge in [-0.1, -0.05) is 31.5 Å². The van der Waals surface area contributed by atoms with E-state index in [0.29, 0.717) is 0 Å². The monoisotopic (exact) mass is 283 g/mol. The van der Waals surface area contributed by atoms with E-state index in [1.54, 1.807) is 0 Å². The number of aromatic nitrogens is 1. The maximum Gasteiger partial charge on any atom is 0.130 e. The first-order valence-corrected chi connectivity index (χ1v) is 8.09. The lowest BCUT2D eigenvalue weighted by Crippen LogP contribution is -2.33. The van der Waals surface area contributed by atoms with Gasteiger partial charge in [-0.05, 0) is 44.0 Å². The molecule has 0 bridgehead atoms. The molecule has 1 aromatic carbocycles. The highest BCUT2D eigenvalue weighted by Crippen LogP contribution is 2.25. The summed E-state index contributed by atoms with van der Waals surface area (Å²) in [5.74, 6) is 1.95. The molecule has 3 nitrogen and oxygen atoms in total. The van der Waals surface area contributed by atoms with Crippen molar-refractivity contribution in [3.05, 3.63) is 35.9 Å². The molecule has 2 heterocycles. The van der Waals surface area contributed by atoms with Crippen LogP contribution in [0.1, 0.15) is 31.7 Å². The van der Waals surface area contributed by atoms with E-state index in [1.807, 2.05) is 13.1 Å². The second kappa shape index (κ2) is 6.44. The van der Waals surface area contributed by atoms with Gasteiger partial charge in [-0.2, -0.15) is 0 Å². The number of piperidine rings is 1. The molecule has 0 unspecified atom stereocenters. The van der Waals surface area contributed by atoms with E-state index in [1.165, 1.54) is 43.3 Å². The van der Waals surface area contributed by atoms with Gasteiger partial charge in [-0.25, -0.2) is 4.98 Å². The second-order valence-corrected chi connectivity index (χ2v) is 6.07. The van der Waals surface area contributed by atoms with Crippen molar-refractivity contribution in [2.75, 3.05) is 25.5 Å². The third-order valence-electron chi connectivity index (χ3n) is 4.72. The summed E-state index contributed by atoms with van der Waals surface area (Å²) in [5.41, 5.74) is 2.38. The zero-order valence-corrected chi connectivity index (χ0v) is 13.1. The standard InChI is InChI=1S/C18H25N3/c1-3-14-8-10-21(11-9-14)13-16-12-15-6-4-5-7-17(15)20-18(16)19-2/h4-7,12,14H,3,8-11,13H2,1-2H3,(H,19,20). The first kappa shape index (κ1) is 14.3. The van der Waals surface area contributed by atoms with E-state index in [9.17, 15) is 0 Å². The maximum absolute atomic E-state index is 4.75. The molecule has 0 amide bonds. The van der Waals surface area contributed by atoms with Gasteiger partial charge in [0.1, 0.15) is 5.82 Å². The van der Waals surface area contributed by atoms with Crippen molar-refractivity contribution in [1.82, 2.24) is 9.88 Å². The molecule has 0 aliphatic carbocycles. The smallest absolute Gasteiger partial charge is 0.130 e. The summed E-state index contributed by atoms with van der Waals surface area (Å²) in [6.45, 7) is 5.75. The molecule has 1 N–H and O–H groups in total. The molecule has 0 spiro atoms. The van der Waals surface area contributed by atoms with Crippen LogP contribution in [0.2, 0.25) is 0 Å². The van der Waals surface area contributed by atoms with Crippen LogP contribution in [0.15, 0.2) is 30.3 Å². The molecule has 112 valence electrons. The van der Waals surface area contributed by atoms with Crippen LogP contribution in [0.4, 0.5) is 5.82 Å². The van der Waals surface area contributed by atoms with Gasteiger partial charge in [-0.3, -0.25) is 4.90 Å². The Bertz CT molecular complexity index is 600. The van der Waals surface area contributed by atoms with Crippen LogP contribution >= 0.6 is 0 Å². The number of pyridine rings is 1. The predicted molar refractivity (Wildman–Crippen MR) is 89.6 cm³/mol. The number of benzene rings is 1. The molecule has 0 atom stereocenters. The van der Waals surface area contributed by atoms with Gasteiger partial charge in [0.15, 0.2) is 0 Å². The molecule has 1 aliphatic rings. The van der Waals surface area contributed by atoms with Gasteiger partial charge in [0.25, 0.3) is 0 Å². The summed E-state index contributed by atoms with van der Waals surface area (Å²) < 4.78 is 0. The lowest BCUT2D eigenvalue weighted by Gasteiger charge is -2.31. The van der Waals surface area contributed by atoms with Crippen molar-refractivity contribution in [3.63, 3.8) is 0 Å². The molecular formula is C18H25N3. The Labute approximate surface area is 127 Å². The molecule has 1 saturated heterocycles. The topological polar surface area (TPSA) is 28.2 Å². The Kier molecular flexibility index (Phi) is 4.39. The zero-order chi connectivity index (χ0) is 14.7. The summed E-state index contributed by atoms with van der Waals surface area (Å²) in [6.07, 6.45) is 4.01. The van der Waals surface area contributed by atoms with E-state index in [-0.39, 0.29) is 0 Å². The largest absolute Gasteiger partial charge is 0.373 e. The number of nitrogens with one attached hydrogen (secondary N) is 1. The van der Waals surface area contributed by atoms with E-state index < -0.39 is 0 Å². The number of para-hydroxylation sites is 1. The van der Waals surface area contributed by atoms with Crippen molar-refractivity contribution in [1.29, 1.82) is 0 Å². The van der Waals surface area contributed by atoms with Crippen LogP contribution in [0.25, 0.3) is 10.9 Å². The minimum Gasteiger partial charge on any atom is -0.373 e. The Morgan fingerprint density at radius 1 is 1.24 bits per heavy atom. The number of hydrogen-bond acceptors (Lipinski definition) is 3. The number of anilines is 1. The zero-order valence-electron chi connectivity index (χ0n) is 13.1. The van der Waals surface area contributed by atoms with E-state index in [4.69, 9.17) is 4.98 Å².